The van der Waals surface area contributed by atoms with E-state index in [9.17, 15) is 14.0 Å². The van der Waals surface area contributed by atoms with Crippen molar-refractivity contribution in [3.8, 4) is 17.0 Å². The van der Waals surface area contributed by atoms with E-state index in [1.165, 1.54) is 48.8 Å². The number of ether oxygens (including phenoxy) is 1. The maximum atomic E-state index is 13.3. The predicted molar refractivity (Wildman–Crippen MR) is 91.2 cm³/mol. The van der Waals surface area contributed by atoms with Crippen molar-refractivity contribution in [1.29, 1.82) is 0 Å². The molecule has 2 heterocycles. The highest BCUT2D eigenvalue weighted by Gasteiger charge is 2.12. The largest absolute Gasteiger partial charge is 0.496 e. The van der Waals surface area contributed by atoms with Gasteiger partial charge in [-0.2, -0.15) is 5.10 Å². The molecule has 25 heavy (non-hydrogen) atoms. The minimum atomic E-state index is -0.447. The van der Waals surface area contributed by atoms with Gasteiger partial charge in [0, 0.05) is 29.3 Å². The monoisotopic (exact) mass is 360 g/mol. The van der Waals surface area contributed by atoms with Crippen LogP contribution >= 0.6 is 11.3 Å². The van der Waals surface area contributed by atoms with E-state index in [2.05, 4.69) is 15.4 Å². The maximum Gasteiger partial charge on any atom is 0.267 e. The molecule has 0 unspecified atom stereocenters. The van der Waals surface area contributed by atoms with Crippen molar-refractivity contribution in [3.63, 3.8) is 0 Å². The van der Waals surface area contributed by atoms with Gasteiger partial charge in [0.15, 0.2) is 5.13 Å². The van der Waals surface area contributed by atoms with Crippen LogP contribution in [0.15, 0.2) is 46.7 Å². The maximum absolute atomic E-state index is 13.3. The number of nitrogens with one attached hydrogen (secondary N) is 1. The number of rotatable bonds is 5. The lowest BCUT2D eigenvalue weighted by Gasteiger charge is -2.10. The van der Waals surface area contributed by atoms with Crippen molar-refractivity contribution in [3.05, 3.63) is 58.1 Å². The molecule has 1 amide bonds. The summed E-state index contributed by atoms with van der Waals surface area (Å²) in [6.07, 6.45) is 1.56. The number of thiazole rings is 1. The molecule has 2 aromatic heterocycles. The molecule has 0 atom stereocenters. The lowest BCUT2D eigenvalue weighted by Crippen LogP contribution is -2.29. The number of methoxy groups -OCH3 is 1. The predicted octanol–water partition coefficient (Wildman–Crippen LogP) is 2.15. The molecular formula is C16H13FN4O3S. The van der Waals surface area contributed by atoms with Crippen LogP contribution in [-0.2, 0) is 11.3 Å². The fourth-order valence-electron chi connectivity index (χ4n) is 2.16. The number of nitrogens with zero attached hydrogens (tertiary/aromatic N) is 3. The van der Waals surface area contributed by atoms with Gasteiger partial charge < -0.3 is 10.1 Å². The van der Waals surface area contributed by atoms with Crippen LogP contribution in [0.25, 0.3) is 11.3 Å². The van der Waals surface area contributed by atoms with Crippen molar-refractivity contribution < 1.29 is 13.9 Å². The SMILES string of the molecule is COc1cc(F)ccc1-c1ccc(=O)n(CC(=O)Nc2nccs2)n1. The highest BCUT2D eigenvalue weighted by molar-refractivity contribution is 7.13. The van der Waals surface area contributed by atoms with Gasteiger partial charge in [0.1, 0.15) is 18.1 Å². The van der Waals surface area contributed by atoms with Crippen molar-refractivity contribution in [1.82, 2.24) is 14.8 Å². The van der Waals surface area contributed by atoms with Gasteiger partial charge in [-0.25, -0.2) is 14.1 Å². The molecular weight excluding hydrogens is 347 g/mol. The fraction of sp³-hybridized carbons (Fsp3) is 0.125. The molecule has 1 N–H and O–H groups in total. The highest BCUT2D eigenvalue weighted by Crippen LogP contribution is 2.28. The molecule has 0 fully saturated rings. The van der Waals surface area contributed by atoms with E-state index in [1.807, 2.05) is 0 Å². The van der Waals surface area contributed by atoms with Gasteiger partial charge in [0.25, 0.3) is 5.56 Å². The summed E-state index contributed by atoms with van der Waals surface area (Å²) in [7, 11) is 1.41. The Hall–Kier alpha value is -3.07. The van der Waals surface area contributed by atoms with Crippen molar-refractivity contribution >= 4 is 22.4 Å². The Morgan fingerprint density at radius 2 is 2.20 bits per heavy atom. The molecule has 3 aromatic rings. The Labute approximate surface area is 145 Å². The van der Waals surface area contributed by atoms with E-state index in [0.717, 1.165) is 4.68 Å². The number of hydrogen-bond acceptors (Lipinski definition) is 6. The van der Waals surface area contributed by atoms with Crippen LogP contribution in [0.1, 0.15) is 0 Å². The van der Waals surface area contributed by atoms with Crippen molar-refractivity contribution in [2.45, 2.75) is 6.54 Å². The highest BCUT2D eigenvalue weighted by atomic mass is 32.1. The quantitative estimate of drug-likeness (QED) is 0.753. The summed E-state index contributed by atoms with van der Waals surface area (Å²) in [6.45, 7) is -0.268. The molecule has 0 spiro atoms. The second-order valence-corrected chi connectivity index (χ2v) is 5.84. The average Bonchev–Trinajstić information content (AvgIpc) is 3.09. The molecule has 0 aliphatic carbocycles. The summed E-state index contributed by atoms with van der Waals surface area (Å²) < 4.78 is 19.5. The number of anilines is 1. The first-order chi connectivity index (χ1) is 12.1. The molecule has 0 aliphatic heterocycles. The second kappa shape index (κ2) is 7.22. The summed E-state index contributed by atoms with van der Waals surface area (Å²) in [5, 5.41) is 8.92. The Balaban J connectivity index is 1.88. The zero-order valence-electron chi connectivity index (χ0n) is 13.1. The number of halogens is 1. The number of carbonyl (C=O) groups is 1. The summed E-state index contributed by atoms with van der Waals surface area (Å²) in [4.78, 5) is 27.9. The molecule has 1 aromatic carbocycles. The first-order valence-corrected chi connectivity index (χ1v) is 8.06. The standard InChI is InChI=1S/C16H13FN4O3S/c1-24-13-8-10(17)2-3-11(13)12-4-5-15(23)21(20-12)9-14(22)19-16-18-6-7-25-16/h2-8H,9H2,1H3,(H,18,19,22). The third-order valence-electron chi connectivity index (χ3n) is 3.28. The number of hydrogen-bond donors (Lipinski definition) is 1. The third-order valence-corrected chi connectivity index (χ3v) is 3.97. The van der Waals surface area contributed by atoms with Crippen LogP contribution in [0.5, 0.6) is 5.75 Å². The number of amides is 1. The minimum Gasteiger partial charge on any atom is -0.496 e. The molecule has 9 heteroatoms. The number of benzene rings is 1. The Kier molecular flexibility index (Phi) is 4.85. The van der Waals surface area contributed by atoms with E-state index in [1.54, 1.807) is 11.6 Å². The van der Waals surface area contributed by atoms with E-state index in [0.29, 0.717) is 16.4 Å². The summed E-state index contributed by atoms with van der Waals surface area (Å²) >= 11 is 1.27. The van der Waals surface area contributed by atoms with Gasteiger partial charge in [0.05, 0.1) is 12.8 Å². The molecule has 0 saturated carbocycles. The number of aromatic nitrogens is 3. The van der Waals surface area contributed by atoms with Crippen LogP contribution < -0.4 is 15.6 Å². The second-order valence-electron chi connectivity index (χ2n) is 4.94. The molecule has 0 radical (unpaired) electrons. The van der Waals surface area contributed by atoms with Crippen LogP contribution in [0.3, 0.4) is 0 Å². The lowest BCUT2D eigenvalue weighted by atomic mass is 10.1. The Morgan fingerprint density at radius 1 is 1.36 bits per heavy atom. The van der Waals surface area contributed by atoms with Gasteiger partial charge in [-0.15, -0.1) is 11.3 Å². The van der Waals surface area contributed by atoms with E-state index in [4.69, 9.17) is 4.74 Å². The van der Waals surface area contributed by atoms with Crippen LogP contribution in [0, 0.1) is 5.82 Å². The lowest BCUT2D eigenvalue weighted by molar-refractivity contribution is -0.117. The summed E-state index contributed by atoms with van der Waals surface area (Å²) in [5.74, 6) is -0.588. The third kappa shape index (κ3) is 3.89. The summed E-state index contributed by atoms with van der Waals surface area (Å²) in [6, 6.07) is 6.78. The molecule has 0 saturated heterocycles. The van der Waals surface area contributed by atoms with Crippen LogP contribution in [-0.4, -0.2) is 27.8 Å². The average molecular weight is 360 g/mol. The van der Waals surface area contributed by atoms with Gasteiger partial charge in [0.2, 0.25) is 5.91 Å². The van der Waals surface area contributed by atoms with Crippen LogP contribution in [0.2, 0.25) is 0 Å². The van der Waals surface area contributed by atoms with Gasteiger partial charge in [-0.1, -0.05) is 0 Å². The summed E-state index contributed by atoms with van der Waals surface area (Å²) in [5.41, 5.74) is 0.468. The van der Waals surface area contributed by atoms with Gasteiger partial charge in [-0.05, 0) is 18.2 Å². The van der Waals surface area contributed by atoms with Gasteiger partial charge in [-0.3, -0.25) is 9.59 Å². The number of carbonyl (C=O) groups excluding carboxylic acids is 1. The molecule has 3 rings (SSSR count). The van der Waals surface area contributed by atoms with Gasteiger partial charge >= 0.3 is 0 Å². The van der Waals surface area contributed by atoms with E-state index >= 15 is 0 Å². The van der Waals surface area contributed by atoms with E-state index in [-0.39, 0.29) is 12.3 Å². The first kappa shape index (κ1) is 16.8. The smallest absolute Gasteiger partial charge is 0.267 e. The fourth-order valence-corrected chi connectivity index (χ4v) is 2.71. The zero-order valence-corrected chi connectivity index (χ0v) is 13.9. The molecule has 128 valence electrons. The zero-order chi connectivity index (χ0) is 17.8. The first-order valence-electron chi connectivity index (χ1n) is 7.18. The Morgan fingerprint density at radius 3 is 2.92 bits per heavy atom. The topological polar surface area (TPSA) is 86.1 Å². The van der Waals surface area contributed by atoms with E-state index < -0.39 is 17.3 Å². The minimum absolute atomic E-state index is 0.268. The molecule has 0 aliphatic rings. The van der Waals surface area contributed by atoms with Crippen LogP contribution in [0.4, 0.5) is 9.52 Å². The normalized spacial score (nSPS) is 10.5. The molecule has 0 bridgehead atoms. The molecule has 7 nitrogen and oxygen atoms in total. The van der Waals surface area contributed by atoms with Crippen molar-refractivity contribution in [2.75, 3.05) is 12.4 Å². The van der Waals surface area contributed by atoms with Crippen molar-refractivity contribution in [2.24, 2.45) is 0 Å². The Bertz CT molecular complexity index is 956.